The number of rotatable bonds is 2. The summed E-state index contributed by atoms with van der Waals surface area (Å²) < 4.78 is 0. The maximum absolute atomic E-state index is 3.38. The van der Waals surface area contributed by atoms with E-state index in [9.17, 15) is 0 Å². The summed E-state index contributed by atoms with van der Waals surface area (Å²) in [6.07, 6.45) is 8.45. The topological polar surface area (TPSA) is 12.0 Å². The van der Waals surface area contributed by atoms with Crippen LogP contribution in [0, 0.1) is 5.92 Å². The SMILES string of the molecule is CNC(C)(C)C1CC=CCC1. The summed E-state index contributed by atoms with van der Waals surface area (Å²) in [5, 5.41) is 3.38. The van der Waals surface area contributed by atoms with Gasteiger partial charge in [0, 0.05) is 5.54 Å². The van der Waals surface area contributed by atoms with Crippen molar-refractivity contribution in [2.45, 2.75) is 38.6 Å². The van der Waals surface area contributed by atoms with Gasteiger partial charge in [0.05, 0.1) is 0 Å². The van der Waals surface area contributed by atoms with Gasteiger partial charge in [-0.3, -0.25) is 0 Å². The van der Waals surface area contributed by atoms with Gasteiger partial charge in [0.15, 0.2) is 0 Å². The molecular formula is C10H19N. The average molecular weight is 153 g/mol. The molecule has 0 heterocycles. The van der Waals surface area contributed by atoms with E-state index >= 15 is 0 Å². The zero-order chi connectivity index (χ0) is 8.32. The maximum Gasteiger partial charge on any atom is 0.0153 e. The highest BCUT2D eigenvalue weighted by Gasteiger charge is 2.26. The average Bonchev–Trinajstić information content (AvgIpc) is 2.06. The molecule has 1 aliphatic carbocycles. The van der Waals surface area contributed by atoms with Crippen molar-refractivity contribution in [2.75, 3.05) is 7.05 Å². The molecule has 64 valence electrons. The lowest BCUT2D eigenvalue weighted by Crippen LogP contribution is -2.44. The molecule has 1 heteroatoms. The van der Waals surface area contributed by atoms with E-state index in [4.69, 9.17) is 0 Å². The van der Waals surface area contributed by atoms with Crippen LogP contribution >= 0.6 is 0 Å². The highest BCUT2D eigenvalue weighted by Crippen LogP contribution is 2.28. The Bertz CT molecular complexity index is 147. The van der Waals surface area contributed by atoms with Crippen LogP contribution in [0.1, 0.15) is 33.1 Å². The van der Waals surface area contributed by atoms with Crippen molar-refractivity contribution < 1.29 is 0 Å². The van der Waals surface area contributed by atoms with E-state index < -0.39 is 0 Å². The van der Waals surface area contributed by atoms with Crippen LogP contribution in [0.25, 0.3) is 0 Å². The molecule has 1 N–H and O–H groups in total. The van der Waals surface area contributed by atoms with Crippen LogP contribution in [0.3, 0.4) is 0 Å². The first-order chi connectivity index (χ1) is 5.17. The monoisotopic (exact) mass is 153 g/mol. The number of hydrogen-bond acceptors (Lipinski definition) is 1. The Morgan fingerprint density at radius 2 is 2.09 bits per heavy atom. The molecule has 0 amide bonds. The number of allylic oxidation sites excluding steroid dienone is 2. The van der Waals surface area contributed by atoms with E-state index in [1.54, 1.807) is 0 Å². The van der Waals surface area contributed by atoms with Gasteiger partial charge in [-0.25, -0.2) is 0 Å². The molecule has 11 heavy (non-hydrogen) atoms. The van der Waals surface area contributed by atoms with Crippen molar-refractivity contribution in [1.82, 2.24) is 5.32 Å². The highest BCUT2D eigenvalue weighted by molar-refractivity contribution is 4.97. The summed E-state index contributed by atoms with van der Waals surface area (Å²) in [5.41, 5.74) is 0.310. The Morgan fingerprint density at radius 1 is 1.36 bits per heavy atom. The largest absolute Gasteiger partial charge is 0.315 e. The second-order valence-corrected chi connectivity index (χ2v) is 3.95. The predicted molar refractivity (Wildman–Crippen MR) is 49.6 cm³/mol. The fourth-order valence-electron chi connectivity index (χ4n) is 1.65. The molecule has 1 nitrogen and oxygen atoms in total. The van der Waals surface area contributed by atoms with Crippen molar-refractivity contribution >= 4 is 0 Å². The Kier molecular flexibility index (Phi) is 2.72. The first kappa shape index (κ1) is 8.79. The third-order valence-corrected chi connectivity index (χ3v) is 2.93. The van der Waals surface area contributed by atoms with Gasteiger partial charge in [0.25, 0.3) is 0 Å². The van der Waals surface area contributed by atoms with Gasteiger partial charge in [-0.2, -0.15) is 0 Å². The Hall–Kier alpha value is -0.300. The minimum absolute atomic E-state index is 0.310. The molecule has 0 radical (unpaired) electrons. The van der Waals surface area contributed by atoms with Crippen molar-refractivity contribution in [2.24, 2.45) is 5.92 Å². The molecular weight excluding hydrogens is 134 g/mol. The minimum Gasteiger partial charge on any atom is -0.315 e. The first-order valence-electron chi connectivity index (χ1n) is 4.51. The summed E-state index contributed by atoms with van der Waals surface area (Å²) in [6.45, 7) is 4.58. The second-order valence-electron chi connectivity index (χ2n) is 3.95. The fraction of sp³-hybridized carbons (Fsp3) is 0.800. The molecule has 0 fully saturated rings. The third kappa shape index (κ3) is 2.06. The van der Waals surface area contributed by atoms with Crippen LogP contribution < -0.4 is 5.32 Å². The van der Waals surface area contributed by atoms with Gasteiger partial charge in [-0.15, -0.1) is 0 Å². The summed E-state index contributed by atoms with van der Waals surface area (Å²) in [6, 6.07) is 0. The predicted octanol–water partition coefficient (Wildman–Crippen LogP) is 2.34. The van der Waals surface area contributed by atoms with Crippen LogP contribution in [0.15, 0.2) is 12.2 Å². The van der Waals surface area contributed by atoms with Crippen molar-refractivity contribution in [1.29, 1.82) is 0 Å². The van der Waals surface area contributed by atoms with Crippen LogP contribution in [-0.2, 0) is 0 Å². The van der Waals surface area contributed by atoms with Crippen molar-refractivity contribution in [3.63, 3.8) is 0 Å². The summed E-state index contributed by atoms with van der Waals surface area (Å²) in [5.74, 6) is 0.817. The Labute approximate surface area is 69.9 Å². The van der Waals surface area contributed by atoms with Gasteiger partial charge < -0.3 is 5.32 Å². The van der Waals surface area contributed by atoms with Gasteiger partial charge in [-0.05, 0) is 46.1 Å². The van der Waals surface area contributed by atoms with Crippen LogP contribution in [-0.4, -0.2) is 12.6 Å². The Morgan fingerprint density at radius 3 is 2.55 bits per heavy atom. The van der Waals surface area contributed by atoms with Crippen molar-refractivity contribution in [3.05, 3.63) is 12.2 Å². The van der Waals surface area contributed by atoms with E-state index in [0.717, 1.165) is 5.92 Å². The van der Waals surface area contributed by atoms with Crippen molar-refractivity contribution in [3.8, 4) is 0 Å². The fourth-order valence-corrected chi connectivity index (χ4v) is 1.65. The lowest BCUT2D eigenvalue weighted by Gasteiger charge is -2.35. The quantitative estimate of drug-likeness (QED) is 0.600. The van der Waals surface area contributed by atoms with Crippen LogP contribution in [0.4, 0.5) is 0 Å². The Balaban J connectivity index is 2.52. The first-order valence-corrected chi connectivity index (χ1v) is 4.51. The molecule has 0 saturated heterocycles. The standard InChI is InChI=1S/C10H19N/c1-10(2,11-3)9-7-5-4-6-8-9/h4-5,9,11H,6-8H2,1-3H3. The van der Waals surface area contributed by atoms with Gasteiger partial charge >= 0.3 is 0 Å². The molecule has 0 aromatic carbocycles. The highest BCUT2D eigenvalue weighted by atomic mass is 14.9. The van der Waals surface area contributed by atoms with Gasteiger partial charge in [0.1, 0.15) is 0 Å². The lowest BCUT2D eigenvalue weighted by molar-refractivity contribution is 0.251. The molecule has 0 bridgehead atoms. The smallest absolute Gasteiger partial charge is 0.0153 e. The third-order valence-electron chi connectivity index (χ3n) is 2.93. The minimum atomic E-state index is 0.310. The van der Waals surface area contributed by atoms with Gasteiger partial charge in [0.2, 0.25) is 0 Å². The molecule has 0 aromatic rings. The molecule has 1 atom stereocenters. The van der Waals surface area contributed by atoms with E-state index in [1.807, 2.05) is 0 Å². The van der Waals surface area contributed by atoms with E-state index in [1.165, 1.54) is 19.3 Å². The van der Waals surface area contributed by atoms with Gasteiger partial charge in [-0.1, -0.05) is 12.2 Å². The summed E-state index contributed by atoms with van der Waals surface area (Å²) >= 11 is 0. The summed E-state index contributed by atoms with van der Waals surface area (Å²) in [7, 11) is 2.05. The van der Waals surface area contributed by atoms with Crippen LogP contribution in [0.5, 0.6) is 0 Å². The zero-order valence-corrected chi connectivity index (χ0v) is 7.85. The molecule has 1 rings (SSSR count). The molecule has 0 aromatic heterocycles. The lowest BCUT2D eigenvalue weighted by atomic mass is 9.79. The second kappa shape index (κ2) is 3.40. The molecule has 0 aliphatic heterocycles. The zero-order valence-electron chi connectivity index (χ0n) is 7.85. The van der Waals surface area contributed by atoms with E-state index in [0.29, 0.717) is 5.54 Å². The normalized spacial score (nSPS) is 25.5. The summed E-state index contributed by atoms with van der Waals surface area (Å²) in [4.78, 5) is 0. The molecule has 0 saturated carbocycles. The number of hydrogen-bond donors (Lipinski definition) is 1. The van der Waals surface area contributed by atoms with E-state index in [2.05, 4.69) is 38.4 Å². The van der Waals surface area contributed by atoms with E-state index in [-0.39, 0.29) is 0 Å². The van der Waals surface area contributed by atoms with Crippen LogP contribution in [0.2, 0.25) is 0 Å². The molecule has 1 unspecified atom stereocenters. The maximum atomic E-state index is 3.38. The molecule has 0 spiro atoms. The number of nitrogens with one attached hydrogen (secondary N) is 1. The molecule has 1 aliphatic rings.